The highest BCUT2D eigenvalue weighted by atomic mass is 19.1. The van der Waals surface area contributed by atoms with Crippen LogP contribution in [-0.2, 0) is 17.8 Å². The molecule has 1 fully saturated rings. The Hall–Kier alpha value is -3.91. The number of fused-ring (bicyclic) bond motifs is 1. The number of carbonyl (C=O) groups excluding carboxylic acids is 3. The molecule has 2 N–H and O–H groups in total. The number of halogens is 1. The minimum absolute atomic E-state index is 0.185. The summed E-state index contributed by atoms with van der Waals surface area (Å²) in [6.07, 6.45) is 3.33. The Bertz CT molecular complexity index is 1220. The first-order valence-corrected chi connectivity index (χ1v) is 9.99. The van der Waals surface area contributed by atoms with E-state index in [1.165, 1.54) is 12.1 Å². The van der Waals surface area contributed by atoms with E-state index in [1.807, 2.05) is 0 Å². The largest absolute Gasteiger partial charge is 0.340 e. The highest BCUT2D eigenvalue weighted by Crippen LogP contribution is 2.30. The Labute approximate surface area is 178 Å². The van der Waals surface area contributed by atoms with E-state index in [4.69, 9.17) is 5.26 Å². The maximum absolute atomic E-state index is 13.6. The number of Topliss-reactive ketones (excluding diaryl/α,β-unsaturated/α-hetero) is 1. The summed E-state index contributed by atoms with van der Waals surface area (Å²) in [5.41, 5.74) is 1.63. The van der Waals surface area contributed by atoms with Gasteiger partial charge in [0.2, 0.25) is 0 Å². The van der Waals surface area contributed by atoms with Gasteiger partial charge in [-0.15, -0.1) is 0 Å². The summed E-state index contributed by atoms with van der Waals surface area (Å²) in [7, 11) is 0. The second kappa shape index (κ2) is 8.08. The molecular formula is C23H19FN4O3. The van der Waals surface area contributed by atoms with Crippen LogP contribution in [0.5, 0.6) is 0 Å². The van der Waals surface area contributed by atoms with Crippen LogP contribution in [0, 0.1) is 42.0 Å². The predicted molar refractivity (Wildman–Crippen MR) is 110 cm³/mol. The fourth-order valence-electron chi connectivity index (χ4n) is 3.78. The fourth-order valence-corrected chi connectivity index (χ4v) is 3.78. The van der Waals surface area contributed by atoms with E-state index < -0.39 is 23.4 Å². The molecule has 0 bridgehead atoms. The number of nitrogens with one attached hydrogen (secondary N) is 2. The SMILES string of the molecule is Cc1c(C(=O)C(=O)NC#CC2CC2)c2n(c1C(=O)Nc1ccc(F)c(C#N)c1)CCC2. The molecule has 8 heteroatoms. The smallest absolute Gasteiger partial charge is 0.303 e. The number of nitriles is 1. The summed E-state index contributed by atoms with van der Waals surface area (Å²) in [6, 6.07) is 7.98. The van der Waals surface area contributed by atoms with E-state index in [-0.39, 0.29) is 22.5 Å². The summed E-state index contributed by atoms with van der Waals surface area (Å²) in [5.74, 6) is 0.449. The second-order valence-corrected chi connectivity index (χ2v) is 7.64. The molecule has 1 aliphatic heterocycles. The first-order chi connectivity index (χ1) is 14.9. The number of ketones is 1. The number of aromatic nitrogens is 1. The van der Waals surface area contributed by atoms with Crippen molar-refractivity contribution in [2.75, 3.05) is 5.32 Å². The molecule has 1 aromatic heterocycles. The number of benzene rings is 1. The first-order valence-electron chi connectivity index (χ1n) is 9.99. The van der Waals surface area contributed by atoms with Gasteiger partial charge < -0.3 is 9.88 Å². The Kier molecular flexibility index (Phi) is 5.31. The molecule has 1 aliphatic carbocycles. The van der Waals surface area contributed by atoms with Crippen LogP contribution in [0.15, 0.2) is 18.2 Å². The van der Waals surface area contributed by atoms with Gasteiger partial charge in [-0.05, 0) is 56.4 Å². The average molecular weight is 418 g/mol. The lowest BCUT2D eigenvalue weighted by atomic mass is 10.0. The van der Waals surface area contributed by atoms with Gasteiger partial charge in [-0.1, -0.05) is 5.92 Å². The van der Waals surface area contributed by atoms with Crippen molar-refractivity contribution in [2.24, 2.45) is 5.92 Å². The molecule has 1 saturated carbocycles. The summed E-state index contributed by atoms with van der Waals surface area (Å²) in [4.78, 5) is 38.2. The van der Waals surface area contributed by atoms with E-state index in [2.05, 4.69) is 22.6 Å². The molecular weight excluding hydrogens is 399 g/mol. The minimum Gasteiger partial charge on any atom is -0.340 e. The van der Waals surface area contributed by atoms with Gasteiger partial charge in [0.15, 0.2) is 0 Å². The third kappa shape index (κ3) is 3.93. The zero-order chi connectivity index (χ0) is 22.1. The summed E-state index contributed by atoms with van der Waals surface area (Å²) >= 11 is 0. The molecule has 2 amide bonds. The van der Waals surface area contributed by atoms with Crippen LogP contribution < -0.4 is 10.6 Å². The number of amides is 2. The molecule has 2 heterocycles. The number of hydrogen-bond donors (Lipinski definition) is 2. The van der Waals surface area contributed by atoms with E-state index in [0.717, 1.165) is 25.3 Å². The molecule has 2 aliphatic rings. The second-order valence-electron chi connectivity index (χ2n) is 7.64. The van der Waals surface area contributed by atoms with E-state index in [1.54, 1.807) is 17.6 Å². The Morgan fingerprint density at radius 2 is 2.03 bits per heavy atom. The van der Waals surface area contributed by atoms with Gasteiger partial charge in [0.1, 0.15) is 17.6 Å². The van der Waals surface area contributed by atoms with E-state index in [9.17, 15) is 18.8 Å². The molecule has 156 valence electrons. The van der Waals surface area contributed by atoms with Crippen LogP contribution in [0.2, 0.25) is 0 Å². The van der Waals surface area contributed by atoms with Gasteiger partial charge in [0.25, 0.3) is 11.7 Å². The molecule has 1 aromatic carbocycles. The molecule has 2 aromatic rings. The molecule has 0 unspecified atom stereocenters. The lowest BCUT2D eigenvalue weighted by Gasteiger charge is -2.09. The number of rotatable bonds is 4. The van der Waals surface area contributed by atoms with Crippen LogP contribution in [0.3, 0.4) is 0 Å². The van der Waals surface area contributed by atoms with Crippen molar-refractivity contribution in [2.45, 2.75) is 39.2 Å². The Morgan fingerprint density at radius 3 is 2.74 bits per heavy atom. The monoisotopic (exact) mass is 418 g/mol. The Balaban J connectivity index is 1.61. The number of nitrogens with zero attached hydrogens (tertiary/aromatic N) is 2. The van der Waals surface area contributed by atoms with Crippen LogP contribution in [0.1, 0.15) is 56.9 Å². The lowest BCUT2D eigenvalue weighted by molar-refractivity contribution is -0.115. The maximum Gasteiger partial charge on any atom is 0.303 e. The van der Waals surface area contributed by atoms with Gasteiger partial charge in [0, 0.05) is 29.9 Å². The molecule has 31 heavy (non-hydrogen) atoms. The molecule has 7 nitrogen and oxygen atoms in total. The van der Waals surface area contributed by atoms with Crippen molar-refractivity contribution in [1.29, 1.82) is 5.26 Å². The highest BCUT2D eigenvalue weighted by molar-refractivity contribution is 6.44. The van der Waals surface area contributed by atoms with Crippen LogP contribution in [0.25, 0.3) is 0 Å². The third-order valence-corrected chi connectivity index (χ3v) is 5.43. The van der Waals surface area contributed by atoms with Gasteiger partial charge >= 0.3 is 5.91 Å². The molecule has 0 atom stereocenters. The molecule has 0 saturated heterocycles. The third-order valence-electron chi connectivity index (χ3n) is 5.43. The predicted octanol–water partition coefficient (Wildman–Crippen LogP) is 2.68. The molecule has 0 radical (unpaired) electrons. The standard InChI is InChI=1S/C23H19FN4O3/c1-13-19(21(29)23(31)26-9-8-14-4-5-14)18-3-2-10-28(18)20(13)22(30)27-16-6-7-17(24)15(11-16)12-25/h6-7,11,14H,2-5,10H2,1H3,(H,26,31)(H,27,30). The molecule has 4 rings (SSSR count). The summed E-state index contributed by atoms with van der Waals surface area (Å²) < 4.78 is 15.3. The quantitative estimate of drug-likeness (QED) is 0.345. The average Bonchev–Trinajstić information content (AvgIpc) is 3.38. The number of hydrogen-bond acceptors (Lipinski definition) is 4. The van der Waals surface area contributed by atoms with Crippen molar-refractivity contribution in [1.82, 2.24) is 9.88 Å². The Morgan fingerprint density at radius 1 is 1.26 bits per heavy atom. The van der Waals surface area contributed by atoms with Gasteiger partial charge in [-0.3, -0.25) is 19.7 Å². The van der Waals surface area contributed by atoms with E-state index in [0.29, 0.717) is 30.1 Å². The highest BCUT2D eigenvalue weighted by Gasteiger charge is 2.33. The van der Waals surface area contributed by atoms with Gasteiger partial charge in [0.05, 0.1) is 11.1 Å². The summed E-state index contributed by atoms with van der Waals surface area (Å²) in [5, 5.41) is 14.0. The van der Waals surface area contributed by atoms with Crippen molar-refractivity contribution >= 4 is 23.3 Å². The van der Waals surface area contributed by atoms with Crippen molar-refractivity contribution < 1.29 is 18.8 Å². The number of anilines is 1. The van der Waals surface area contributed by atoms with Crippen LogP contribution in [-0.4, -0.2) is 22.2 Å². The normalized spacial score (nSPS) is 14.1. The fraction of sp³-hybridized carbons (Fsp3) is 0.304. The topological polar surface area (TPSA) is 104 Å². The van der Waals surface area contributed by atoms with Crippen molar-refractivity contribution in [3.8, 4) is 18.0 Å². The van der Waals surface area contributed by atoms with Gasteiger partial charge in [-0.25, -0.2) is 4.39 Å². The number of carbonyl (C=O) groups is 3. The molecule has 0 spiro atoms. The van der Waals surface area contributed by atoms with Crippen LogP contribution >= 0.6 is 0 Å². The maximum atomic E-state index is 13.6. The van der Waals surface area contributed by atoms with E-state index >= 15 is 0 Å². The first kappa shape index (κ1) is 20.4. The lowest BCUT2D eigenvalue weighted by Crippen LogP contribution is -2.28. The zero-order valence-corrected chi connectivity index (χ0v) is 16.8. The van der Waals surface area contributed by atoms with Gasteiger partial charge in [-0.2, -0.15) is 5.26 Å². The minimum atomic E-state index is -0.819. The summed E-state index contributed by atoms with van der Waals surface area (Å²) in [6.45, 7) is 2.17. The van der Waals surface area contributed by atoms with Crippen LogP contribution in [0.4, 0.5) is 10.1 Å². The van der Waals surface area contributed by atoms with Crippen molar-refractivity contribution in [3.05, 3.63) is 52.1 Å². The zero-order valence-electron chi connectivity index (χ0n) is 16.8. The van der Waals surface area contributed by atoms with Crippen molar-refractivity contribution in [3.63, 3.8) is 0 Å².